The maximum absolute atomic E-state index is 13.1. The highest BCUT2D eigenvalue weighted by molar-refractivity contribution is 5.83. The normalized spacial score (nSPS) is 21.2. The predicted octanol–water partition coefficient (Wildman–Crippen LogP) is 4.69. The molecule has 2 aromatic rings. The van der Waals surface area contributed by atoms with Gasteiger partial charge in [-0.05, 0) is 36.5 Å². The third-order valence-corrected chi connectivity index (χ3v) is 4.45. The largest absolute Gasteiger partial charge is 0.416 e. The van der Waals surface area contributed by atoms with E-state index in [1.165, 1.54) is 12.1 Å². The maximum atomic E-state index is 13.1. The highest BCUT2D eigenvalue weighted by atomic mass is 19.4. The monoisotopic (exact) mass is 333 g/mol. The second-order valence-corrected chi connectivity index (χ2v) is 6.17. The van der Waals surface area contributed by atoms with Crippen molar-refractivity contribution in [3.8, 4) is 0 Å². The summed E-state index contributed by atoms with van der Waals surface area (Å²) in [5, 5.41) is 2.90. The summed E-state index contributed by atoms with van der Waals surface area (Å²) in [7, 11) is 0. The second-order valence-electron chi connectivity index (χ2n) is 6.17. The van der Waals surface area contributed by atoms with Crippen molar-refractivity contribution >= 4 is 5.91 Å². The van der Waals surface area contributed by atoms with Crippen molar-refractivity contribution < 1.29 is 18.0 Å². The summed E-state index contributed by atoms with van der Waals surface area (Å²) in [6, 6.07) is 14.8. The quantitative estimate of drug-likeness (QED) is 0.864. The lowest BCUT2D eigenvalue weighted by atomic mass is 10.0. The lowest BCUT2D eigenvalue weighted by Crippen LogP contribution is -2.28. The number of alkyl halides is 3. The van der Waals surface area contributed by atoms with Gasteiger partial charge in [0, 0.05) is 5.92 Å². The molecule has 0 aliphatic heterocycles. The van der Waals surface area contributed by atoms with E-state index in [1.54, 1.807) is 6.07 Å². The summed E-state index contributed by atoms with van der Waals surface area (Å²) in [4.78, 5) is 12.3. The van der Waals surface area contributed by atoms with E-state index in [9.17, 15) is 18.0 Å². The molecule has 0 spiro atoms. The smallest absolute Gasteiger partial charge is 0.349 e. The number of carbonyl (C=O) groups is 1. The fourth-order valence-electron chi connectivity index (χ4n) is 3.05. The Bertz CT molecular complexity index is 727. The van der Waals surface area contributed by atoms with E-state index in [2.05, 4.69) is 5.32 Å². The number of amides is 1. The molecule has 0 aromatic heterocycles. The highest BCUT2D eigenvalue weighted by Gasteiger charge is 2.47. The molecule has 1 fully saturated rings. The number of halogens is 3. The van der Waals surface area contributed by atoms with Crippen molar-refractivity contribution in [1.29, 1.82) is 0 Å². The maximum Gasteiger partial charge on any atom is 0.416 e. The molecule has 3 atom stereocenters. The van der Waals surface area contributed by atoms with Crippen LogP contribution < -0.4 is 5.32 Å². The van der Waals surface area contributed by atoms with Crippen LogP contribution in [-0.4, -0.2) is 5.91 Å². The van der Waals surface area contributed by atoms with Gasteiger partial charge in [-0.3, -0.25) is 4.79 Å². The van der Waals surface area contributed by atoms with Gasteiger partial charge in [0.2, 0.25) is 5.91 Å². The molecule has 1 saturated carbocycles. The van der Waals surface area contributed by atoms with Crippen molar-refractivity contribution in [3.05, 3.63) is 71.3 Å². The van der Waals surface area contributed by atoms with E-state index in [-0.39, 0.29) is 29.3 Å². The van der Waals surface area contributed by atoms with Crippen LogP contribution in [0.5, 0.6) is 0 Å². The summed E-state index contributed by atoms with van der Waals surface area (Å²) in [6.07, 6.45) is -3.93. The Morgan fingerprint density at radius 1 is 1.08 bits per heavy atom. The second kappa shape index (κ2) is 6.30. The Labute approximate surface area is 138 Å². The zero-order valence-corrected chi connectivity index (χ0v) is 13.2. The fraction of sp³-hybridized carbons (Fsp3) is 0.316. The van der Waals surface area contributed by atoms with Gasteiger partial charge in [-0.15, -0.1) is 0 Å². The van der Waals surface area contributed by atoms with E-state index >= 15 is 0 Å². The van der Waals surface area contributed by atoms with Crippen LogP contribution in [0.4, 0.5) is 13.2 Å². The molecule has 2 nitrogen and oxygen atoms in total. The summed E-state index contributed by atoms with van der Waals surface area (Å²) < 4.78 is 39.3. The van der Waals surface area contributed by atoms with Crippen LogP contribution in [-0.2, 0) is 11.0 Å². The Morgan fingerprint density at radius 2 is 1.71 bits per heavy atom. The number of hydrogen-bond donors (Lipinski definition) is 1. The van der Waals surface area contributed by atoms with Crippen LogP contribution in [0.3, 0.4) is 0 Å². The molecule has 3 rings (SSSR count). The minimum atomic E-state index is -4.39. The van der Waals surface area contributed by atoms with Gasteiger partial charge in [-0.1, -0.05) is 48.5 Å². The van der Waals surface area contributed by atoms with Crippen LogP contribution in [0.1, 0.15) is 42.0 Å². The molecule has 2 aromatic carbocycles. The Kier molecular flexibility index (Phi) is 4.35. The first kappa shape index (κ1) is 16.6. The van der Waals surface area contributed by atoms with E-state index in [1.807, 2.05) is 37.3 Å². The van der Waals surface area contributed by atoms with Gasteiger partial charge in [0.15, 0.2) is 0 Å². The Hall–Kier alpha value is -2.30. The topological polar surface area (TPSA) is 29.1 Å². The molecule has 24 heavy (non-hydrogen) atoms. The summed E-state index contributed by atoms with van der Waals surface area (Å²) in [5.41, 5.74) is 0.553. The van der Waals surface area contributed by atoms with Crippen molar-refractivity contribution in [2.75, 3.05) is 0 Å². The number of hydrogen-bond acceptors (Lipinski definition) is 1. The SMILES string of the molecule is CC(NC(=O)C1CC1c1ccccc1C(F)(F)F)c1ccccc1. The third kappa shape index (κ3) is 3.45. The lowest BCUT2D eigenvalue weighted by Gasteiger charge is -2.15. The van der Waals surface area contributed by atoms with Crippen LogP contribution in [0.25, 0.3) is 0 Å². The van der Waals surface area contributed by atoms with E-state index in [0.717, 1.165) is 11.6 Å². The predicted molar refractivity (Wildman–Crippen MR) is 85.3 cm³/mol. The first-order chi connectivity index (χ1) is 11.4. The molecule has 0 heterocycles. The van der Waals surface area contributed by atoms with Gasteiger partial charge in [0.1, 0.15) is 0 Å². The van der Waals surface area contributed by atoms with Gasteiger partial charge in [0.25, 0.3) is 0 Å². The zero-order valence-electron chi connectivity index (χ0n) is 13.2. The minimum Gasteiger partial charge on any atom is -0.349 e. The molecule has 0 radical (unpaired) electrons. The van der Waals surface area contributed by atoms with Gasteiger partial charge in [-0.25, -0.2) is 0 Å². The van der Waals surface area contributed by atoms with Crippen molar-refractivity contribution in [2.45, 2.75) is 31.5 Å². The van der Waals surface area contributed by atoms with E-state index in [4.69, 9.17) is 0 Å². The molecule has 5 heteroatoms. The zero-order chi connectivity index (χ0) is 17.3. The van der Waals surface area contributed by atoms with Crippen molar-refractivity contribution in [3.63, 3.8) is 0 Å². The van der Waals surface area contributed by atoms with Crippen molar-refractivity contribution in [2.24, 2.45) is 5.92 Å². The Morgan fingerprint density at radius 3 is 2.38 bits per heavy atom. The number of nitrogens with one attached hydrogen (secondary N) is 1. The molecular formula is C19H18F3NO. The average molecular weight is 333 g/mol. The average Bonchev–Trinajstić information content (AvgIpc) is 3.35. The number of carbonyl (C=O) groups excluding carboxylic acids is 1. The molecule has 0 bridgehead atoms. The highest BCUT2D eigenvalue weighted by Crippen LogP contribution is 2.51. The van der Waals surface area contributed by atoms with Crippen LogP contribution in [0.2, 0.25) is 0 Å². The van der Waals surface area contributed by atoms with Crippen molar-refractivity contribution in [1.82, 2.24) is 5.32 Å². The van der Waals surface area contributed by atoms with Gasteiger partial charge in [-0.2, -0.15) is 13.2 Å². The van der Waals surface area contributed by atoms with E-state index in [0.29, 0.717) is 6.42 Å². The fourth-order valence-corrected chi connectivity index (χ4v) is 3.05. The lowest BCUT2D eigenvalue weighted by molar-refractivity contribution is -0.138. The molecule has 1 aliphatic carbocycles. The van der Waals surface area contributed by atoms with Gasteiger partial charge >= 0.3 is 6.18 Å². The first-order valence-corrected chi connectivity index (χ1v) is 7.89. The minimum absolute atomic E-state index is 0.169. The standard InChI is InChI=1S/C19H18F3NO/c1-12(13-7-3-2-4-8-13)23-18(24)16-11-15(16)14-9-5-6-10-17(14)19(20,21)22/h2-10,12,15-16H,11H2,1H3,(H,23,24). The molecular weight excluding hydrogens is 315 g/mol. The van der Waals surface area contributed by atoms with Gasteiger partial charge < -0.3 is 5.32 Å². The summed E-state index contributed by atoms with van der Waals surface area (Å²) in [5.74, 6) is -0.932. The summed E-state index contributed by atoms with van der Waals surface area (Å²) in [6.45, 7) is 1.87. The molecule has 1 N–H and O–H groups in total. The summed E-state index contributed by atoms with van der Waals surface area (Å²) >= 11 is 0. The molecule has 1 amide bonds. The molecule has 0 saturated heterocycles. The van der Waals surface area contributed by atoms with Crippen LogP contribution >= 0.6 is 0 Å². The molecule has 1 aliphatic rings. The molecule has 3 unspecified atom stereocenters. The number of benzene rings is 2. The number of rotatable bonds is 4. The molecule has 126 valence electrons. The Balaban J connectivity index is 1.69. The van der Waals surface area contributed by atoms with Crippen LogP contribution in [0.15, 0.2) is 54.6 Å². The third-order valence-electron chi connectivity index (χ3n) is 4.45. The van der Waals surface area contributed by atoms with Gasteiger partial charge in [0.05, 0.1) is 11.6 Å². The van der Waals surface area contributed by atoms with E-state index < -0.39 is 11.7 Å². The van der Waals surface area contributed by atoms with Crippen LogP contribution in [0, 0.1) is 5.92 Å². The first-order valence-electron chi connectivity index (χ1n) is 7.89.